The molecule has 2 fully saturated rings. The molecule has 10 heavy (non-hydrogen) atoms. The molecule has 1 amide bonds. The molecule has 1 unspecified atom stereocenters. The summed E-state index contributed by atoms with van der Waals surface area (Å²) in [4.78, 5) is 12.5. The molecule has 0 saturated carbocycles. The highest BCUT2D eigenvalue weighted by Gasteiger charge is 2.46. The van der Waals surface area contributed by atoms with Gasteiger partial charge < -0.3 is 4.55 Å². The molecule has 0 bridgehead atoms. The van der Waals surface area contributed by atoms with Crippen LogP contribution < -0.4 is 0 Å². The van der Waals surface area contributed by atoms with E-state index in [-0.39, 0.29) is 11.3 Å². The molecule has 2 aliphatic heterocycles. The second-order valence-electron chi connectivity index (χ2n) is 2.68. The van der Waals surface area contributed by atoms with Crippen molar-refractivity contribution in [3.63, 3.8) is 0 Å². The van der Waals surface area contributed by atoms with Crippen LogP contribution in [0.15, 0.2) is 0 Å². The number of carbonyl (C=O) groups excluding carboxylic acids is 1. The van der Waals surface area contributed by atoms with Crippen molar-refractivity contribution in [2.24, 2.45) is 0 Å². The second-order valence-corrected chi connectivity index (χ2v) is 4.40. The molecular formula is C6H9NO2S. The Bertz CT molecular complexity index is 173. The van der Waals surface area contributed by atoms with Crippen LogP contribution in [0.5, 0.6) is 0 Å². The minimum Gasteiger partial charge on any atom is -0.615 e. The van der Waals surface area contributed by atoms with E-state index in [4.69, 9.17) is 0 Å². The molecule has 0 aromatic carbocycles. The Labute approximate surface area is 62.6 Å². The Morgan fingerprint density at radius 2 is 2.50 bits per heavy atom. The number of nitrogens with zero attached hydrogens (tertiary/aromatic N) is 1. The van der Waals surface area contributed by atoms with Crippen molar-refractivity contribution in [2.45, 2.75) is 18.2 Å². The normalized spacial score (nSPS) is 38.9. The van der Waals surface area contributed by atoms with Gasteiger partial charge in [0.1, 0.15) is 5.75 Å². The number of β-lactam (4-membered cyclic amide) rings is 1. The quantitative estimate of drug-likeness (QED) is 0.359. The molecule has 56 valence electrons. The van der Waals surface area contributed by atoms with Gasteiger partial charge in [-0.05, 0) is 11.2 Å². The molecule has 2 heterocycles. The summed E-state index contributed by atoms with van der Waals surface area (Å²) in [5.41, 5.74) is 0. The summed E-state index contributed by atoms with van der Waals surface area (Å²) in [5.74, 6) is 0.965. The van der Waals surface area contributed by atoms with E-state index in [1.54, 1.807) is 4.90 Å². The maximum absolute atomic E-state index is 11.1. The van der Waals surface area contributed by atoms with Crippen LogP contribution in [0.1, 0.15) is 12.8 Å². The monoisotopic (exact) mass is 159 g/mol. The van der Waals surface area contributed by atoms with E-state index in [9.17, 15) is 9.35 Å². The van der Waals surface area contributed by atoms with Gasteiger partial charge in [0.05, 0.1) is 6.42 Å². The lowest BCUT2D eigenvalue weighted by molar-refractivity contribution is -0.142. The van der Waals surface area contributed by atoms with Gasteiger partial charge in [-0.2, -0.15) is 0 Å². The molecule has 0 aromatic heterocycles. The first kappa shape index (κ1) is 6.49. The molecule has 0 aliphatic carbocycles. The molecule has 0 aromatic rings. The van der Waals surface area contributed by atoms with E-state index in [2.05, 4.69) is 0 Å². The summed E-state index contributed by atoms with van der Waals surface area (Å²) in [6, 6.07) is 0. The van der Waals surface area contributed by atoms with Crippen LogP contribution in [-0.4, -0.2) is 33.0 Å². The minimum atomic E-state index is -0.744. The van der Waals surface area contributed by atoms with E-state index in [1.807, 2.05) is 0 Å². The minimum absolute atomic E-state index is 0.0845. The highest BCUT2D eigenvalue weighted by Crippen LogP contribution is 2.28. The second kappa shape index (κ2) is 2.13. The molecule has 0 spiro atoms. The van der Waals surface area contributed by atoms with Crippen molar-refractivity contribution in [1.82, 2.24) is 4.90 Å². The molecule has 2 saturated heterocycles. The van der Waals surface area contributed by atoms with Gasteiger partial charge in [-0.25, -0.2) is 0 Å². The topological polar surface area (TPSA) is 43.4 Å². The van der Waals surface area contributed by atoms with Crippen LogP contribution in [-0.2, 0) is 16.0 Å². The Balaban J connectivity index is 2.05. The highest BCUT2D eigenvalue weighted by molar-refractivity contribution is 7.92. The smallest absolute Gasteiger partial charge is 0.233 e. The van der Waals surface area contributed by atoms with E-state index in [0.29, 0.717) is 6.42 Å². The van der Waals surface area contributed by atoms with Crippen molar-refractivity contribution in [3.8, 4) is 0 Å². The van der Waals surface area contributed by atoms with Gasteiger partial charge in [-0.15, -0.1) is 0 Å². The van der Waals surface area contributed by atoms with Crippen molar-refractivity contribution in [2.75, 3.05) is 12.3 Å². The maximum atomic E-state index is 11.1. The summed E-state index contributed by atoms with van der Waals surface area (Å²) in [7, 11) is 0. The lowest BCUT2D eigenvalue weighted by atomic mass is 10.2. The van der Waals surface area contributed by atoms with Gasteiger partial charge in [0, 0.05) is 13.0 Å². The fraction of sp³-hybridized carbons (Fsp3) is 0.833. The third-order valence-electron chi connectivity index (χ3n) is 2.07. The summed E-state index contributed by atoms with van der Waals surface area (Å²) < 4.78 is 11.1. The highest BCUT2D eigenvalue weighted by atomic mass is 32.2. The summed E-state index contributed by atoms with van der Waals surface area (Å²) in [6.45, 7) is 0.829. The SMILES string of the molecule is O=C1C[C@H]2N1CCC[S+]2[O-]. The zero-order chi connectivity index (χ0) is 7.14. The first-order chi connectivity index (χ1) is 4.79. The van der Waals surface area contributed by atoms with Crippen LogP contribution in [0.4, 0.5) is 0 Å². The molecule has 2 aliphatic rings. The molecule has 0 N–H and O–H groups in total. The lowest BCUT2D eigenvalue weighted by Crippen LogP contribution is -2.60. The van der Waals surface area contributed by atoms with Crippen LogP contribution in [0, 0.1) is 0 Å². The Morgan fingerprint density at radius 3 is 3.10 bits per heavy atom. The van der Waals surface area contributed by atoms with E-state index in [1.165, 1.54) is 0 Å². The average molecular weight is 159 g/mol. The largest absolute Gasteiger partial charge is 0.615 e. The van der Waals surface area contributed by atoms with Gasteiger partial charge in [0.25, 0.3) is 0 Å². The molecule has 0 radical (unpaired) electrons. The van der Waals surface area contributed by atoms with E-state index >= 15 is 0 Å². The van der Waals surface area contributed by atoms with Crippen molar-refractivity contribution >= 4 is 17.1 Å². The van der Waals surface area contributed by atoms with Crippen molar-refractivity contribution in [1.29, 1.82) is 0 Å². The zero-order valence-electron chi connectivity index (χ0n) is 5.58. The Hall–Kier alpha value is -0.220. The predicted octanol–water partition coefficient (Wildman–Crippen LogP) is -0.303. The van der Waals surface area contributed by atoms with Crippen LogP contribution in [0.2, 0.25) is 0 Å². The number of amides is 1. The maximum Gasteiger partial charge on any atom is 0.233 e. The number of fused-ring (bicyclic) bond motifs is 1. The van der Waals surface area contributed by atoms with Gasteiger partial charge in [0.2, 0.25) is 5.91 Å². The van der Waals surface area contributed by atoms with E-state index in [0.717, 1.165) is 18.7 Å². The number of rotatable bonds is 0. The lowest BCUT2D eigenvalue weighted by Gasteiger charge is -2.43. The average Bonchev–Trinajstić information content (AvgIpc) is 1.91. The zero-order valence-corrected chi connectivity index (χ0v) is 6.39. The van der Waals surface area contributed by atoms with Gasteiger partial charge in [-0.1, -0.05) is 0 Å². The van der Waals surface area contributed by atoms with Gasteiger partial charge >= 0.3 is 0 Å². The van der Waals surface area contributed by atoms with Crippen LogP contribution in [0.3, 0.4) is 0 Å². The predicted molar refractivity (Wildman–Crippen MR) is 37.7 cm³/mol. The third-order valence-corrected chi connectivity index (χ3v) is 3.78. The van der Waals surface area contributed by atoms with Crippen LogP contribution in [0.25, 0.3) is 0 Å². The Morgan fingerprint density at radius 1 is 1.70 bits per heavy atom. The molecule has 2 rings (SSSR count). The number of carbonyl (C=O) groups is 1. The van der Waals surface area contributed by atoms with Gasteiger partial charge in [0.15, 0.2) is 5.37 Å². The first-order valence-corrected chi connectivity index (χ1v) is 4.84. The summed E-state index contributed by atoms with van der Waals surface area (Å²) in [6.07, 6.45) is 1.43. The van der Waals surface area contributed by atoms with Crippen molar-refractivity contribution < 1.29 is 9.35 Å². The van der Waals surface area contributed by atoms with E-state index < -0.39 is 11.2 Å². The fourth-order valence-corrected chi connectivity index (χ4v) is 2.96. The fourth-order valence-electron chi connectivity index (χ4n) is 1.44. The third kappa shape index (κ3) is 0.754. The number of hydrogen-bond acceptors (Lipinski definition) is 2. The molecule has 4 heteroatoms. The van der Waals surface area contributed by atoms with Crippen molar-refractivity contribution in [3.05, 3.63) is 0 Å². The summed E-state index contributed by atoms with van der Waals surface area (Å²) in [5, 5.41) is 0.0845. The first-order valence-electron chi connectivity index (χ1n) is 3.46. The van der Waals surface area contributed by atoms with Gasteiger partial charge in [-0.3, -0.25) is 9.69 Å². The summed E-state index contributed by atoms with van der Waals surface area (Å²) >= 11 is -0.744. The molecule has 3 nitrogen and oxygen atoms in total. The molecular weight excluding hydrogens is 150 g/mol. The standard InChI is InChI=1S/C6H9NO2S/c8-5-4-6-7(5)2-1-3-10(6)9/h6H,1-4H2/t6-,10?/m0/s1. The Kier molecular flexibility index (Phi) is 1.38. The number of hydrogen-bond donors (Lipinski definition) is 0. The molecule has 2 atom stereocenters. The van der Waals surface area contributed by atoms with Crippen LogP contribution >= 0.6 is 0 Å².